The maximum Gasteiger partial charge on any atom is 0.314 e. The van der Waals surface area contributed by atoms with Crippen molar-refractivity contribution in [3.63, 3.8) is 0 Å². The maximum absolute atomic E-state index is 11.5. The lowest BCUT2D eigenvalue weighted by Crippen LogP contribution is -2.22. The van der Waals surface area contributed by atoms with Gasteiger partial charge in [0.15, 0.2) is 5.75 Å². The molecule has 21 heavy (non-hydrogen) atoms. The lowest BCUT2D eigenvalue weighted by Gasteiger charge is -2.23. The summed E-state index contributed by atoms with van der Waals surface area (Å²) in [6, 6.07) is 3.74. The molecule has 1 aromatic rings. The molecule has 0 N–H and O–H groups in total. The molecule has 0 saturated carbocycles. The standard InChI is InChI=1S/C16H23NO4/c1-11(2)14-5-4-12(3)16(15(14)17(18)19)21-10-13-6-8-20-9-7-13/h4-5,11,13H,6-10H2,1-3H3. The molecule has 1 aliphatic rings. The number of nitro groups is 1. The highest BCUT2D eigenvalue weighted by Crippen LogP contribution is 2.38. The summed E-state index contributed by atoms with van der Waals surface area (Å²) in [6.45, 7) is 7.80. The summed E-state index contributed by atoms with van der Waals surface area (Å²) in [4.78, 5) is 11.1. The normalized spacial score (nSPS) is 16.2. The van der Waals surface area contributed by atoms with Crippen molar-refractivity contribution in [3.05, 3.63) is 33.4 Å². The van der Waals surface area contributed by atoms with Gasteiger partial charge < -0.3 is 9.47 Å². The first-order valence-corrected chi connectivity index (χ1v) is 7.49. The van der Waals surface area contributed by atoms with Crippen LogP contribution in [-0.4, -0.2) is 24.7 Å². The van der Waals surface area contributed by atoms with Crippen LogP contribution in [0.3, 0.4) is 0 Å². The molecule has 1 aliphatic heterocycles. The van der Waals surface area contributed by atoms with E-state index >= 15 is 0 Å². The lowest BCUT2D eigenvalue weighted by atomic mass is 9.98. The van der Waals surface area contributed by atoms with E-state index in [0.717, 1.165) is 37.2 Å². The molecule has 1 fully saturated rings. The smallest absolute Gasteiger partial charge is 0.314 e. The molecular weight excluding hydrogens is 270 g/mol. The molecule has 2 rings (SSSR count). The van der Waals surface area contributed by atoms with Gasteiger partial charge in [-0.15, -0.1) is 0 Å². The second-order valence-electron chi connectivity index (χ2n) is 5.93. The van der Waals surface area contributed by atoms with Gasteiger partial charge >= 0.3 is 5.69 Å². The number of nitro benzene ring substituents is 1. The number of hydrogen-bond donors (Lipinski definition) is 0. The van der Waals surface area contributed by atoms with Gasteiger partial charge in [-0.05, 0) is 37.2 Å². The van der Waals surface area contributed by atoms with Crippen LogP contribution in [0.4, 0.5) is 5.69 Å². The fourth-order valence-electron chi connectivity index (χ4n) is 2.64. The molecule has 1 aromatic carbocycles. The SMILES string of the molecule is Cc1ccc(C(C)C)c([N+](=O)[O-])c1OCC1CCOCC1. The average Bonchev–Trinajstić information content (AvgIpc) is 2.46. The van der Waals surface area contributed by atoms with Gasteiger partial charge in [-0.2, -0.15) is 0 Å². The van der Waals surface area contributed by atoms with E-state index in [0.29, 0.717) is 18.3 Å². The van der Waals surface area contributed by atoms with Crippen molar-refractivity contribution < 1.29 is 14.4 Å². The average molecular weight is 293 g/mol. The molecule has 5 nitrogen and oxygen atoms in total. The van der Waals surface area contributed by atoms with E-state index in [2.05, 4.69) is 0 Å². The first-order valence-electron chi connectivity index (χ1n) is 7.49. The summed E-state index contributed by atoms with van der Waals surface area (Å²) in [5.74, 6) is 0.939. The third kappa shape index (κ3) is 3.73. The second kappa shape index (κ2) is 6.89. The topological polar surface area (TPSA) is 61.6 Å². The van der Waals surface area contributed by atoms with Crippen LogP contribution in [0, 0.1) is 23.0 Å². The van der Waals surface area contributed by atoms with Crippen LogP contribution < -0.4 is 4.74 Å². The summed E-state index contributed by atoms with van der Waals surface area (Å²) in [5, 5.41) is 11.5. The van der Waals surface area contributed by atoms with Crippen LogP contribution in [0.5, 0.6) is 5.75 Å². The predicted molar refractivity (Wildman–Crippen MR) is 81.0 cm³/mol. The predicted octanol–water partition coefficient (Wildman–Crippen LogP) is 3.83. The highest BCUT2D eigenvalue weighted by atomic mass is 16.6. The van der Waals surface area contributed by atoms with Gasteiger partial charge in [0, 0.05) is 18.8 Å². The van der Waals surface area contributed by atoms with Crippen molar-refractivity contribution in [1.82, 2.24) is 0 Å². The molecular formula is C16H23NO4. The molecule has 0 radical (unpaired) electrons. The van der Waals surface area contributed by atoms with Gasteiger partial charge in [-0.25, -0.2) is 0 Å². The van der Waals surface area contributed by atoms with Crippen molar-refractivity contribution in [2.75, 3.05) is 19.8 Å². The third-order valence-electron chi connectivity index (χ3n) is 3.97. The van der Waals surface area contributed by atoms with E-state index in [1.165, 1.54) is 0 Å². The maximum atomic E-state index is 11.5. The van der Waals surface area contributed by atoms with Crippen molar-refractivity contribution >= 4 is 5.69 Å². The van der Waals surface area contributed by atoms with Gasteiger partial charge in [-0.1, -0.05) is 26.0 Å². The quantitative estimate of drug-likeness (QED) is 0.611. The Kier molecular flexibility index (Phi) is 5.17. The molecule has 1 saturated heterocycles. The highest BCUT2D eigenvalue weighted by molar-refractivity contribution is 5.58. The summed E-state index contributed by atoms with van der Waals surface area (Å²) < 4.78 is 11.2. The third-order valence-corrected chi connectivity index (χ3v) is 3.97. The minimum Gasteiger partial charge on any atom is -0.486 e. The summed E-state index contributed by atoms with van der Waals surface area (Å²) in [6.07, 6.45) is 1.91. The Balaban J connectivity index is 2.23. The van der Waals surface area contributed by atoms with Crippen molar-refractivity contribution in [2.24, 2.45) is 5.92 Å². The van der Waals surface area contributed by atoms with Gasteiger partial charge in [0.1, 0.15) is 0 Å². The second-order valence-corrected chi connectivity index (χ2v) is 5.93. The van der Waals surface area contributed by atoms with E-state index in [1.807, 2.05) is 32.9 Å². The highest BCUT2D eigenvalue weighted by Gasteiger charge is 2.26. The molecule has 5 heteroatoms. The molecule has 0 amide bonds. The lowest BCUT2D eigenvalue weighted by molar-refractivity contribution is -0.386. The van der Waals surface area contributed by atoms with Crippen LogP contribution in [0.1, 0.15) is 43.7 Å². The first-order chi connectivity index (χ1) is 10.0. The fourth-order valence-corrected chi connectivity index (χ4v) is 2.64. The molecule has 0 unspecified atom stereocenters. The molecule has 0 aromatic heterocycles. The summed E-state index contributed by atoms with van der Waals surface area (Å²) in [7, 11) is 0. The largest absolute Gasteiger partial charge is 0.486 e. The zero-order valence-electron chi connectivity index (χ0n) is 12.9. The summed E-state index contributed by atoms with van der Waals surface area (Å²) >= 11 is 0. The Morgan fingerprint density at radius 3 is 2.62 bits per heavy atom. The summed E-state index contributed by atoms with van der Waals surface area (Å²) in [5.41, 5.74) is 1.67. The van der Waals surface area contributed by atoms with E-state index in [-0.39, 0.29) is 16.5 Å². The molecule has 0 aliphatic carbocycles. The monoisotopic (exact) mass is 293 g/mol. The van der Waals surface area contributed by atoms with Crippen molar-refractivity contribution in [2.45, 2.75) is 39.5 Å². The van der Waals surface area contributed by atoms with E-state index < -0.39 is 0 Å². The van der Waals surface area contributed by atoms with Crippen molar-refractivity contribution in [1.29, 1.82) is 0 Å². The Morgan fingerprint density at radius 2 is 2.05 bits per heavy atom. The zero-order chi connectivity index (χ0) is 15.4. The number of hydrogen-bond acceptors (Lipinski definition) is 4. The van der Waals surface area contributed by atoms with Crippen LogP contribution in [0.15, 0.2) is 12.1 Å². The Morgan fingerprint density at radius 1 is 1.38 bits per heavy atom. The van der Waals surface area contributed by atoms with Gasteiger partial charge in [-0.3, -0.25) is 10.1 Å². The minimum atomic E-state index is -0.318. The molecule has 0 atom stereocenters. The number of benzene rings is 1. The van der Waals surface area contributed by atoms with Crippen LogP contribution in [0.25, 0.3) is 0 Å². The Hall–Kier alpha value is -1.62. The zero-order valence-corrected chi connectivity index (χ0v) is 12.9. The molecule has 1 heterocycles. The number of rotatable bonds is 5. The minimum absolute atomic E-state index is 0.0939. The van der Waals surface area contributed by atoms with Gasteiger partial charge in [0.25, 0.3) is 0 Å². The van der Waals surface area contributed by atoms with Crippen molar-refractivity contribution in [3.8, 4) is 5.75 Å². The van der Waals surface area contributed by atoms with E-state index in [9.17, 15) is 10.1 Å². The van der Waals surface area contributed by atoms with Crippen LogP contribution >= 0.6 is 0 Å². The number of aryl methyl sites for hydroxylation is 1. The van der Waals surface area contributed by atoms with Gasteiger partial charge in [0.05, 0.1) is 11.5 Å². The Labute approximate surface area is 125 Å². The molecule has 116 valence electrons. The van der Waals surface area contributed by atoms with E-state index in [4.69, 9.17) is 9.47 Å². The van der Waals surface area contributed by atoms with Crippen LogP contribution in [-0.2, 0) is 4.74 Å². The number of ether oxygens (including phenoxy) is 2. The van der Waals surface area contributed by atoms with E-state index in [1.54, 1.807) is 0 Å². The Bertz CT molecular complexity index is 507. The fraction of sp³-hybridized carbons (Fsp3) is 0.625. The van der Waals surface area contributed by atoms with Crippen LogP contribution in [0.2, 0.25) is 0 Å². The first kappa shape index (κ1) is 15.8. The number of nitrogens with zero attached hydrogens (tertiary/aromatic N) is 1. The molecule has 0 bridgehead atoms. The van der Waals surface area contributed by atoms with Gasteiger partial charge in [0.2, 0.25) is 0 Å². The molecule has 0 spiro atoms.